The Morgan fingerprint density at radius 1 is 0.914 bits per heavy atom. The van der Waals surface area contributed by atoms with Crippen LogP contribution in [0.1, 0.15) is 30.0 Å². The van der Waals surface area contributed by atoms with Crippen LogP contribution in [0.2, 0.25) is 0 Å². The van der Waals surface area contributed by atoms with Gasteiger partial charge in [0.1, 0.15) is 12.5 Å². The molecule has 3 N–H and O–H groups in total. The number of carbonyl (C=O) groups excluding carboxylic acids is 1. The minimum absolute atomic E-state index is 0.0884. The van der Waals surface area contributed by atoms with Crippen LogP contribution in [-0.2, 0) is 27.4 Å². The highest BCUT2D eigenvalue weighted by molar-refractivity contribution is 5.90. The number of carboxylic acid groups (broad SMARTS) is 1. The van der Waals surface area contributed by atoms with Gasteiger partial charge in [0.2, 0.25) is 0 Å². The molecule has 0 bridgehead atoms. The molecule has 3 rings (SSSR count). The molecule has 6 nitrogen and oxygen atoms in total. The fraction of sp³-hybridized carbons (Fsp3) is 0.241. The largest absolute Gasteiger partial charge is 0.478 e. The minimum atomic E-state index is -1.04. The first-order valence-electron chi connectivity index (χ1n) is 11.5. The van der Waals surface area contributed by atoms with Crippen molar-refractivity contribution in [3.63, 3.8) is 0 Å². The fourth-order valence-electron chi connectivity index (χ4n) is 3.82. The maximum absolute atomic E-state index is 12.4. The molecule has 0 aromatic heterocycles. The molecule has 0 fully saturated rings. The zero-order valence-electron chi connectivity index (χ0n) is 19.6. The van der Waals surface area contributed by atoms with E-state index in [0.717, 1.165) is 27.8 Å². The summed E-state index contributed by atoms with van der Waals surface area (Å²) in [5.41, 5.74) is 5.20. The predicted molar refractivity (Wildman–Crippen MR) is 134 cm³/mol. The molecule has 0 saturated heterocycles. The number of aliphatic carboxylic acids is 1. The topological polar surface area (TPSA) is 104 Å². The van der Waals surface area contributed by atoms with Crippen LogP contribution in [-0.4, -0.2) is 40.0 Å². The lowest BCUT2D eigenvalue weighted by Gasteiger charge is -2.20. The molecule has 182 valence electrons. The highest BCUT2D eigenvalue weighted by Gasteiger charge is 2.27. The maximum atomic E-state index is 12.4. The van der Waals surface area contributed by atoms with E-state index in [1.54, 1.807) is 6.92 Å². The number of rotatable bonds is 11. The SMILES string of the molecule is C/C(=C\C(=O)O)c1cccc(-c2cccc(CCC(O)C(CO)C(=O)OCc3ccccc3)c2)c1. The van der Waals surface area contributed by atoms with Crippen molar-refractivity contribution < 1.29 is 29.6 Å². The molecule has 2 atom stereocenters. The number of ether oxygens (including phenoxy) is 1. The van der Waals surface area contributed by atoms with Crippen LogP contribution in [0.3, 0.4) is 0 Å². The van der Waals surface area contributed by atoms with Crippen LogP contribution < -0.4 is 0 Å². The first kappa shape index (κ1) is 25.9. The predicted octanol–water partition coefficient (Wildman–Crippen LogP) is 4.49. The van der Waals surface area contributed by atoms with Gasteiger partial charge in [-0.05, 0) is 59.2 Å². The maximum Gasteiger partial charge on any atom is 0.328 e. The van der Waals surface area contributed by atoms with Crippen LogP contribution in [0.25, 0.3) is 16.7 Å². The van der Waals surface area contributed by atoms with Crippen molar-refractivity contribution in [2.24, 2.45) is 5.92 Å². The molecule has 0 amide bonds. The van der Waals surface area contributed by atoms with Crippen molar-refractivity contribution in [3.8, 4) is 11.1 Å². The van der Waals surface area contributed by atoms with Crippen molar-refractivity contribution in [1.29, 1.82) is 0 Å². The Labute approximate surface area is 205 Å². The summed E-state index contributed by atoms with van der Waals surface area (Å²) in [6.45, 7) is 1.35. The summed E-state index contributed by atoms with van der Waals surface area (Å²) in [4.78, 5) is 23.4. The quantitative estimate of drug-likeness (QED) is 0.280. The Bertz CT molecular complexity index is 1170. The average Bonchev–Trinajstić information content (AvgIpc) is 2.87. The third-order valence-corrected chi connectivity index (χ3v) is 5.83. The highest BCUT2D eigenvalue weighted by Crippen LogP contribution is 2.25. The Morgan fingerprint density at radius 2 is 1.57 bits per heavy atom. The van der Waals surface area contributed by atoms with Crippen LogP contribution in [0.15, 0.2) is 84.9 Å². The number of aliphatic hydroxyl groups excluding tert-OH is 2. The molecular weight excluding hydrogens is 444 g/mol. The molecule has 2 unspecified atom stereocenters. The number of carboxylic acids is 1. The number of hydrogen-bond donors (Lipinski definition) is 3. The lowest BCUT2D eigenvalue weighted by Crippen LogP contribution is -2.33. The van der Waals surface area contributed by atoms with Gasteiger partial charge >= 0.3 is 11.9 Å². The zero-order chi connectivity index (χ0) is 25.2. The van der Waals surface area contributed by atoms with E-state index in [1.807, 2.05) is 78.9 Å². The third kappa shape index (κ3) is 7.64. The van der Waals surface area contributed by atoms with Gasteiger partial charge in [-0.15, -0.1) is 0 Å². The summed E-state index contributed by atoms with van der Waals surface area (Å²) >= 11 is 0. The monoisotopic (exact) mass is 474 g/mol. The molecule has 0 aliphatic rings. The number of hydrogen-bond acceptors (Lipinski definition) is 5. The molecule has 3 aromatic carbocycles. The van der Waals surface area contributed by atoms with Crippen molar-refractivity contribution in [3.05, 3.63) is 102 Å². The lowest BCUT2D eigenvalue weighted by atomic mass is 9.94. The molecule has 0 radical (unpaired) electrons. The van der Waals surface area contributed by atoms with Crippen molar-refractivity contribution >= 4 is 17.5 Å². The Balaban J connectivity index is 1.63. The zero-order valence-corrected chi connectivity index (χ0v) is 19.6. The van der Waals surface area contributed by atoms with Crippen LogP contribution in [0.5, 0.6) is 0 Å². The standard InChI is InChI=1S/C29H30O6/c1-20(15-28(32)33)23-10-6-12-25(17-23)24-11-5-9-21(16-24)13-14-27(31)26(18-30)29(34)35-19-22-7-3-2-4-8-22/h2-12,15-17,26-27,30-31H,13-14,18-19H2,1H3,(H,32,33)/b20-15+. The average molecular weight is 475 g/mol. The number of aliphatic hydroxyl groups is 2. The second-order valence-electron chi connectivity index (χ2n) is 8.44. The Hall–Kier alpha value is -3.74. The van der Waals surface area contributed by atoms with Gasteiger partial charge in [0.05, 0.1) is 12.7 Å². The summed E-state index contributed by atoms with van der Waals surface area (Å²) in [5, 5.41) is 29.3. The molecule has 0 heterocycles. The number of aryl methyl sites for hydroxylation is 1. The highest BCUT2D eigenvalue weighted by atomic mass is 16.5. The van der Waals surface area contributed by atoms with Crippen molar-refractivity contribution in [1.82, 2.24) is 0 Å². The third-order valence-electron chi connectivity index (χ3n) is 5.83. The molecule has 0 saturated carbocycles. The number of carbonyl (C=O) groups is 2. The van der Waals surface area contributed by atoms with E-state index in [0.29, 0.717) is 12.0 Å². The Kier molecular flexibility index (Phi) is 9.35. The molecule has 6 heteroatoms. The van der Waals surface area contributed by atoms with Gasteiger partial charge in [0.15, 0.2) is 0 Å². The van der Waals surface area contributed by atoms with Gasteiger partial charge in [-0.3, -0.25) is 4.79 Å². The number of allylic oxidation sites excluding steroid dienone is 1. The molecule has 0 aliphatic heterocycles. The van der Waals surface area contributed by atoms with E-state index in [4.69, 9.17) is 9.84 Å². The van der Waals surface area contributed by atoms with Gasteiger partial charge in [0, 0.05) is 6.08 Å². The second kappa shape index (κ2) is 12.6. The first-order valence-corrected chi connectivity index (χ1v) is 11.5. The van der Waals surface area contributed by atoms with Gasteiger partial charge in [-0.1, -0.05) is 72.8 Å². The normalized spacial score (nSPS) is 13.2. The number of benzene rings is 3. The van der Waals surface area contributed by atoms with Crippen molar-refractivity contribution in [2.75, 3.05) is 6.61 Å². The van der Waals surface area contributed by atoms with E-state index in [9.17, 15) is 19.8 Å². The summed E-state index contributed by atoms with van der Waals surface area (Å²) in [6, 6.07) is 24.7. The van der Waals surface area contributed by atoms with Crippen LogP contribution in [0.4, 0.5) is 0 Å². The number of esters is 1. The van der Waals surface area contributed by atoms with E-state index in [1.165, 1.54) is 6.08 Å². The molecule has 3 aromatic rings. The summed E-state index contributed by atoms with van der Waals surface area (Å²) in [7, 11) is 0. The summed E-state index contributed by atoms with van der Waals surface area (Å²) < 4.78 is 5.29. The Morgan fingerprint density at radius 3 is 2.26 bits per heavy atom. The van der Waals surface area contributed by atoms with Crippen molar-refractivity contribution in [2.45, 2.75) is 32.5 Å². The summed E-state index contributed by atoms with van der Waals surface area (Å²) in [5.74, 6) is -2.62. The lowest BCUT2D eigenvalue weighted by molar-refractivity contribution is -0.156. The summed E-state index contributed by atoms with van der Waals surface area (Å²) in [6.07, 6.45) is 0.934. The van der Waals surface area contributed by atoms with E-state index in [2.05, 4.69) is 0 Å². The van der Waals surface area contributed by atoms with Gasteiger partial charge in [-0.2, -0.15) is 0 Å². The fourth-order valence-corrected chi connectivity index (χ4v) is 3.82. The van der Waals surface area contributed by atoms with Crippen LogP contribution >= 0.6 is 0 Å². The van der Waals surface area contributed by atoms with Gasteiger partial charge < -0.3 is 20.1 Å². The smallest absolute Gasteiger partial charge is 0.328 e. The molecule has 35 heavy (non-hydrogen) atoms. The van der Waals surface area contributed by atoms with Crippen LogP contribution in [0, 0.1) is 5.92 Å². The first-order chi connectivity index (χ1) is 16.9. The van der Waals surface area contributed by atoms with E-state index < -0.39 is 30.6 Å². The molecular formula is C29H30O6. The minimum Gasteiger partial charge on any atom is -0.478 e. The van der Waals surface area contributed by atoms with Gasteiger partial charge in [0.25, 0.3) is 0 Å². The molecule has 0 aliphatic carbocycles. The van der Waals surface area contributed by atoms with E-state index in [-0.39, 0.29) is 13.0 Å². The molecule has 0 spiro atoms. The van der Waals surface area contributed by atoms with Gasteiger partial charge in [-0.25, -0.2) is 4.79 Å². The van der Waals surface area contributed by atoms with E-state index >= 15 is 0 Å². The second-order valence-corrected chi connectivity index (χ2v) is 8.44.